The fourth-order valence-corrected chi connectivity index (χ4v) is 7.23. The van der Waals surface area contributed by atoms with Crippen LogP contribution in [0.3, 0.4) is 0 Å². The van der Waals surface area contributed by atoms with Gasteiger partial charge in [-0.05, 0) is 54.3 Å². The van der Waals surface area contributed by atoms with Crippen LogP contribution >= 0.6 is 11.3 Å². The van der Waals surface area contributed by atoms with E-state index in [1.165, 1.54) is 18.7 Å². The molecule has 0 saturated heterocycles. The van der Waals surface area contributed by atoms with E-state index in [9.17, 15) is 13.0 Å². The maximum Gasteiger partial charge on any atom is 0.295 e. The minimum absolute atomic E-state index is 0.163. The number of halogens is 1. The van der Waals surface area contributed by atoms with Crippen LogP contribution in [0.25, 0.3) is 43.3 Å². The summed E-state index contributed by atoms with van der Waals surface area (Å²) in [7, 11) is -7.99. The van der Waals surface area contributed by atoms with Crippen molar-refractivity contribution in [2.45, 2.75) is 44.0 Å². The van der Waals surface area contributed by atoms with Crippen LogP contribution in [-0.4, -0.2) is 25.1 Å². The Morgan fingerprint density at radius 2 is 1.66 bits per heavy atom. The van der Waals surface area contributed by atoms with Gasteiger partial charge in [0.2, 0.25) is 11.4 Å². The topological polar surface area (TPSA) is 173 Å². The molecule has 1 aliphatic carbocycles. The van der Waals surface area contributed by atoms with E-state index in [0.717, 1.165) is 75.5 Å². The predicted molar refractivity (Wildman–Crippen MR) is 155 cm³/mol. The summed E-state index contributed by atoms with van der Waals surface area (Å²) in [6, 6.07) is 23.5. The smallest absolute Gasteiger partial charge is 0.295 e. The first-order chi connectivity index (χ1) is 20.9. The van der Waals surface area contributed by atoms with E-state index >= 15 is 0 Å². The third-order valence-electron chi connectivity index (χ3n) is 7.37. The average Bonchev–Trinajstić information content (AvgIpc) is 3.42. The van der Waals surface area contributed by atoms with Gasteiger partial charge in [0.05, 0.1) is 17.3 Å². The van der Waals surface area contributed by atoms with Gasteiger partial charge in [-0.1, -0.05) is 43.7 Å². The highest BCUT2D eigenvalue weighted by atomic mass is 35.7. The Morgan fingerprint density at radius 1 is 0.955 bits per heavy atom. The van der Waals surface area contributed by atoms with E-state index in [4.69, 9.17) is 28.4 Å². The Kier molecular flexibility index (Phi) is 9.35. The van der Waals surface area contributed by atoms with Gasteiger partial charge >= 0.3 is 0 Å². The molecule has 0 fully saturated rings. The van der Waals surface area contributed by atoms with Crippen molar-refractivity contribution >= 4 is 31.7 Å². The number of hydrogen-bond donors (Lipinski definition) is 1. The molecule has 5 aromatic rings. The molecular weight excluding hydrogens is 628 g/mol. The van der Waals surface area contributed by atoms with Crippen LogP contribution in [0, 0.1) is 10.2 Å². The van der Waals surface area contributed by atoms with E-state index in [1.807, 2.05) is 18.2 Å². The number of aromatic nitrogens is 2. The lowest BCUT2D eigenvalue weighted by molar-refractivity contribution is -2.00. The van der Waals surface area contributed by atoms with Crippen LogP contribution in [0.4, 0.5) is 0 Å². The highest BCUT2D eigenvalue weighted by Crippen LogP contribution is 2.42. The maximum absolute atomic E-state index is 12.6. The van der Waals surface area contributed by atoms with Gasteiger partial charge in [0.15, 0.2) is 5.01 Å². The number of unbranched alkanes of at least 4 members (excludes halogenated alkanes) is 1. The highest BCUT2D eigenvalue weighted by molar-refractivity contribution is 7.86. The lowest BCUT2D eigenvalue weighted by Crippen LogP contribution is -2.68. The van der Waals surface area contributed by atoms with E-state index in [-0.39, 0.29) is 4.90 Å². The number of methoxy groups -OCH3 is 1. The molecule has 0 saturated carbocycles. The van der Waals surface area contributed by atoms with Crippen molar-refractivity contribution in [3.05, 3.63) is 83.9 Å². The van der Waals surface area contributed by atoms with Crippen molar-refractivity contribution in [2.75, 3.05) is 7.11 Å². The molecule has 44 heavy (non-hydrogen) atoms. The molecule has 0 bridgehead atoms. The third-order valence-corrected chi connectivity index (χ3v) is 9.33. The zero-order valence-corrected chi connectivity index (χ0v) is 26.2. The lowest BCUT2D eigenvalue weighted by atomic mass is 9.84. The molecule has 0 atom stereocenters. The summed E-state index contributed by atoms with van der Waals surface area (Å²) in [5, 5.41) is 0.876. The summed E-state index contributed by atoms with van der Waals surface area (Å²) in [5.41, 5.74) is 7.71. The Hall–Kier alpha value is -3.46. The second-order valence-electron chi connectivity index (χ2n) is 10.1. The van der Waals surface area contributed by atoms with E-state index < -0.39 is 20.4 Å². The number of ether oxygens (including phenoxy) is 1. The number of rotatable bonds is 7. The van der Waals surface area contributed by atoms with Gasteiger partial charge in [-0.25, -0.2) is 23.6 Å². The van der Waals surface area contributed by atoms with Crippen molar-refractivity contribution < 1.29 is 51.2 Å². The zero-order valence-electron chi connectivity index (χ0n) is 23.9. The number of aryl methyl sites for hydroxylation is 1. The molecule has 10 nitrogen and oxygen atoms in total. The molecule has 0 spiro atoms. The van der Waals surface area contributed by atoms with Crippen LogP contribution in [0.15, 0.2) is 77.7 Å². The maximum atomic E-state index is 12.6. The number of hydrogen-bond acceptors (Lipinski definition) is 9. The van der Waals surface area contributed by atoms with Crippen LogP contribution in [0.1, 0.15) is 30.9 Å². The summed E-state index contributed by atoms with van der Waals surface area (Å²) in [6.07, 6.45) is 3.64. The highest BCUT2D eigenvalue weighted by Gasteiger charge is 2.34. The van der Waals surface area contributed by atoms with Crippen molar-refractivity contribution in [1.29, 1.82) is 0 Å². The molecule has 230 valence electrons. The molecule has 6 rings (SSSR count). The van der Waals surface area contributed by atoms with Crippen molar-refractivity contribution in [1.82, 2.24) is 4.98 Å². The fraction of sp³-hybridized carbons (Fsp3) is 0.226. The largest absolute Gasteiger partial charge is 0.497 e. The van der Waals surface area contributed by atoms with Gasteiger partial charge in [-0.3, -0.25) is 4.55 Å². The molecule has 0 radical (unpaired) electrons. The van der Waals surface area contributed by atoms with Crippen molar-refractivity contribution in [3.63, 3.8) is 0 Å². The molecule has 3 aromatic carbocycles. The predicted octanol–water partition coefficient (Wildman–Crippen LogP) is 1.98. The Bertz CT molecular complexity index is 1900. The second kappa shape index (κ2) is 12.9. The van der Waals surface area contributed by atoms with Gasteiger partial charge in [0.1, 0.15) is 17.2 Å². The van der Waals surface area contributed by atoms with Gasteiger partial charge in [-0.2, -0.15) is 13.0 Å². The van der Waals surface area contributed by atoms with Gasteiger partial charge in [0, 0.05) is 35.2 Å². The number of fused-ring (bicyclic) bond motifs is 4. The van der Waals surface area contributed by atoms with Crippen LogP contribution in [0.2, 0.25) is 0 Å². The van der Waals surface area contributed by atoms with Crippen molar-refractivity contribution in [2.24, 2.45) is 0 Å². The standard InChI is InChI=1S/C31H28N2O4S2.ClHO4/c1-3-4-17-33-27(31-32-26-11-7-8-12-28(26)38-31)19-25(23-16-14-21(37-2)18-29(23)39(34,35)36)24-15-13-20-9-5-6-10-22(20)30(24)33;2-1(3,4)5/h5-12,14,16,18-19H,3-4,13,15,17H2,1-2H3;(H,2,3,4,5). The van der Waals surface area contributed by atoms with Crippen molar-refractivity contribution in [3.8, 4) is 38.8 Å². The van der Waals surface area contributed by atoms with Crippen LogP contribution < -0.4 is 27.9 Å². The molecule has 2 heterocycles. The molecule has 2 aromatic heterocycles. The zero-order chi connectivity index (χ0) is 31.6. The summed E-state index contributed by atoms with van der Waals surface area (Å²) < 4.78 is 78.3. The SMILES string of the molecule is CCCC[n+]1c(-c2nc3ccccc3s2)cc(-c2ccc(OC)cc2S(=O)(=O)O)c2c1-c1ccccc1CC2.[O-][Cl+3]([O-])([O-])[O-]. The Labute approximate surface area is 261 Å². The molecule has 0 aliphatic heterocycles. The molecule has 0 amide bonds. The Balaban J connectivity index is 0.000000712. The number of nitrogens with zero attached hydrogens (tertiary/aromatic N) is 2. The summed E-state index contributed by atoms with van der Waals surface area (Å²) in [5.74, 6) is 0.367. The fourth-order valence-electron chi connectivity index (χ4n) is 5.52. The first kappa shape index (κ1) is 31.9. The van der Waals surface area contributed by atoms with E-state index in [2.05, 4.69) is 47.9 Å². The first-order valence-electron chi connectivity index (χ1n) is 13.7. The summed E-state index contributed by atoms with van der Waals surface area (Å²) in [6.45, 7) is 2.99. The summed E-state index contributed by atoms with van der Waals surface area (Å²) >= 11 is 1.63. The molecule has 1 N–H and O–H groups in total. The van der Waals surface area contributed by atoms with E-state index in [0.29, 0.717) is 11.3 Å². The minimum atomic E-state index is -4.94. The monoisotopic (exact) mass is 656 g/mol. The minimum Gasteiger partial charge on any atom is -0.497 e. The number of thiazole rings is 1. The van der Waals surface area contributed by atoms with Crippen LogP contribution in [-0.2, 0) is 29.5 Å². The second-order valence-corrected chi connectivity index (χ2v) is 13.3. The summed E-state index contributed by atoms with van der Waals surface area (Å²) in [4.78, 5) is 4.84. The molecule has 1 aliphatic rings. The quantitative estimate of drug-likeness (QED) is 0.203. The number of para-hydroxylation sites is 1. The lowest BCUT2D eigenvalue weighted by Gasteiger charge is -2.23. The van der Waals surface area contributed by atoms with Gasteiger partial charge in [0.25, 0.3) is 10.1 Å². The van der Waals surface area contributed by atoms with Gasteiger partial charge < -0.3 is 4.74 Å². The third kappa shape index (κ3) is 6.93. The molecule has 13 heteroatoms. The average molecular weight is 657 g/mol. The van der Waals surface area contributed by atoms with Crippen LogP contribution in [0.5, 0.6) is 5.75 Å². The Morgan fingerprint density at radius 3 is 2.34 bits per heavy atom. The number of pyridine rings is 1. The normalized spacial score (nSPS) is 12.7. The van der Waals surface area contributed by atoms with E-state index in [1.54, 1.807) is 23.5 Å². The first-order valence-corrected chi connectivity index (χ1v) is 17.2. The molecular formula is C31H29ClN2O8S2. The molecule has 0 unspecified atom stereocenters. The number of benzene rings is 3. The van der Waals surface area contributed by atoms with Gasteiger partial charge in [-0.15, -0.1) is 21.6 Å².